The van der Waals surface area contributed by atoms with Gasteiger partial charge in [-0.1, -0.05) is 25.1 Å². The highest BCUT2D eigenvalue weighted by Gasteiger charge is 2.28. The van der Waals surface area contributed by atoms with Crippen LogP contribution in [-0.2, 0) is 22.6 Å². The normalized spacial score (nSPS) is 18.0. The summed E-state index contributed by atoms with van der Waals surface area (Å²) in [4.78, 5) is 28.9. The number of hydrogen-bond acceptors (Lipinski definition) is 4. The van der Waals surface area contributed by atoms with E-state index in [0.29, 0.717) is 32.4 Å². The molecule has 31 heavy (non-hydrogen) atoms. The number of rotatable bonds is 6. The molecule has 164 valence electrons. The molecule has 0 saturated carbocycles. The molecule has 0 unspecified atom stereocenters. The lowest BCUT2D eigenvalue weighted by atomic mass is 10.0. The van der Waals surface area contributed by atoms with Gasteiger partial charge in [-0.15, -0.1) is 0 Å². The minimum atomic E-state index is 0.0624. The highest BCUT2D eigenvalue weighted by molar-refractivity contribution is 5.94. The van der Waals surface area contributed by atoms with Crippen LogP contribution in [0.25, 0.3) is 0 Å². The maximum absolute atomic E-state index is 13.1. The summed E-state index contributed by atoms with van der Waals surface area (Å²) >= 11 is 0. The minimum Gasteiger partial charge on any atom is -0.494 e. The second kappa shape index (κ2) is 9.41. The van der Waals surface area contributed by atoms with Crippen LogP contribution in [0.2, 0.25) is 0 Å². The molecule has 0 saturated heterocycles. The molecule has 0 aliphatic carbocycles. The SMILES string of the molecule is CC[C@H]1CN(C)c2ccccc2CN1C(=O)CCCOc1ccc2c(c1)CCC(=O)N2. The number of nitrogens with one attached hydrogen (secondary N) is 1. The number of likely N-dealkylation sites (N-methyl/N-ethyl adjacent to an activating group) is 1. The zero-order valence-electron chi connectivity index (χ0n) is 18.4. The zero-order valence-corrected chi connectivity index (χ0v) is 18.4. The molecule has 0 aromatic heterocycles. The monoisotopic (exact) mass is 421 g/mol. The summed E-state index contributed by atoms with van der Waals surface area (Å²) in [5.41, 5.74) is 4.39. The van der Waals surface area contributed by atoms with Crippen molar-refractivity contribution in [3.05, 3.63) is 53.6 Å². The van der Waals surface area contributed by atoms with Crippen LogP contribution >= 0.6 is 0 Å². The van der Waals surface area contributed by atoms with Crippen molar-refractivity contribution in [3.8, 4) is 5.75 Å². The van der Waals surface area contributed by atoms with Gasteiger partial charge in [0.1, 0.15) is 5.75 Å². The summed E-state index contributed by atoms with van der Waals surface area (Å²) in [6, 6.07) is 14.3. The summed E-state index contributed by atoms with van der Waals surface area (Å²) in [6.45, 7) is 4.16. The van der Waals surface area contributed by atoms with Gasteiger partial charge in [-0.25, -0.2) is 0 Å². The number of carbonyl (C=O) groups excluding carboxylic acids is 2. The van der Waals surface area contributed by atoms with E-state index in [0.717, 1.165) is 36.4 Å². The average molecular weight is 422 g/mol. The van der Waals surface area contributed by atoms with Gasteiger partial charge in [-0.2, -0.15) is 0 Å². The maximum atomic E-state index is 13.1. The molecule has 0 bridgehead atoms. The molecule has 0 spiro atoms. The Labute approximate surface area is 184 Å². The van der Waals surface area contributed by atoms with Gasteiger partial charge in [-0.3, -0.25) is 9.59 Å². The second-order valence-corrected chi connectivity index (χ2v) is 8.41. The van der Waals surface area contributed by atoms with Crippen LogP contribution in [0.15, 0.2) is 42.5 Å². The number of fused-ring (bicyclic) bond motifs is 2. The molecule has 2 aliphatic rings. The van der Waals surface area contributed by atoms with Crippen LogP contribution in [0, 0.1) is 0 Å². The first-order valence-electron chi connectivity index (χ1n) is 11.2. The Bertz CT molecular complexity index is 959. The van der Waals surface area contributed by atoms with Crippen molar-refractivity contribution in [2.24, 2.45) is 0 Å². The Balaban J connectivity index is 1.32. The van der Waals surface area contributed by atoms with Crippen LogP contribution in [0.4, 0.5) is 11.4 Å². The first-order chi connectivity index (χ1) is 15.0. The third-order valence-corrected chi connectivity index (χ3v) is 6.24. The van der Waals surface area contributed by atoms with Gasteiger partial charge in [-0.05, 0) is 54.7 Å². The molecule has 2 aromatic carbocycles. The molecule has 0 radical (unpaired) electrons. The van der Waals surface area contributed by atoms with E-state index in [9.17, 15) is 9.59 Å². The lowest BCUT2D eigenvalue weighted by Gasteiger charge is -2.30. The summed E-state index contributed by atoms with van der Waals surface area (Å²) in [5, 5.41) is 2.88. The van der Waals surface area contributed by atoms with Crippen molar-refractivity contribution in [1.29, 1.82) is 0 Å². The largest absolute Gasteiger partial charge is 0.494 e. The van der Waals surface area contributed by atoms with Crippen molar-refractivity contribution in [3.63, 3.8) is 0 Å². The molecule has 1 atom stereocenters. The third kappa shape index (κ3) is 4.84. The van der Waals surface area contributed by atoms with Crippen LogP contribution in [-0.4, -0.2) is 43.0 Å². The minimum absolute atomic E-state index is 0.0624. The highest BCUT2D eigenvalue weighted by Crippen LogP contribution is 2.28. The first kappa shape index (κ1) is 21.2. The molecule has 6 heteroatoms. The summed E-state index contributed by atoms with van der Waals surface area (Å²) in [7, 11) is 2.10. The third-order valence-electron chi connectivity index (χ3n) is 6.24. The van der Waals surface area contributed by atoms with E-state index in [-0.39, 0.29) is 17.9 Å². The lowest BCUT2D eigenvalue weighted by Crippen LogP contribution is -2.43. The molecule has 1 N–H and O–H groups in total. The Morgan fingerprint density at radius 1 is 1.16 bits per heavy atom. The van der Waals surface area contributed by atoms with Gasteiger partial charge in [0.15, 0.2) is 0 Å². The fraction of sp³-hybridized carbons (Fsp3) is 0.440. The molecular formula is C25H31N3O3. The smallest absolute Gasteiger partial charge is 0.224 e. The summed E-state index contributed by atoms with van der Waals surface area (Å²) < 4.78 is 5.90. The van der Waals surface area contributed by atoms with E-state index in [2.05, 4.69) is 42.4 Å². The maximum Gasteiger partial charge on any atom is 0.224 e. The van der Waals surface area contributed by atoms with Crippen LogP contribution in [0.1, 0.15) is 43.7 Å². The Morgan fingerprint density at radius 2 is 2.00 bits per heavy atom. The van der Waals surface area contributed by atoms with E-state index in [4.69, 9.17) is 4.74 Å². The van der Waals surface area contributed by atoms with Crippen LogP contribution < -0.4 is 15.0 Å². The molecule has 2 aliphatic heterocycles. The van der Waals surface area contributed by atoms with Gasteiger partial charge < -0.3 is 19.9 Å². The molecule has 0 fully saturated rings. The number of hydrogen-bond donors (Lipinski definition) is 1. The fourth-order valence-electron chi connectivity index (χ4n) is 4.49. The standard InChI is InChI=1S/C25H31N3O3/c1-3-20-17-27(2)23-8-5-4-7-19(23)16-28(20)25(30)9-6-14-31-21-11-12-22-18(15-21)10-13-24(29)26-22/h4-5,7-8,11-12,15,20H,3,6,9-10,13-14,16-17H2,1-2H3,(H,26,29)/t20-/m0/s1. The van der Waals surface area contributed by atoms with E-state index < -0.39 is 0 Å². The summed E-state index contributed by atoms with van der Waals surface area (Å²) in [5.74, 6) is 1.04. The van der Waals surface area contributed by atoms with E-state index in [1.807, 2.05) is 29.2 Å². The van der Waals surface area contributed by atoms with Crippen molar-refractivity contribution in [2.45, 2.75) is 51.6 Å². The molecule has 2 amide bonds. The predicted octanol–water partition coefficient (Wildman–Crippen LogP) is 3.99. The molecule has 2 aromatic rings. The van der Waals surface area contributed by atoms with Crippen LogP contribution in [0.5, 0.6) is 5.75 Å². The number of ether oxygens (including phenoxy) is 1. The number of aryl methyl sites for hydroxylation is 1. The van der Waals surface area contributed by atoms with Crippen LogP contribution in [0.3, 0.4) is 0 Å². The van der Waals surface area contributed by atoms with Gasteiger partial charge in [0.2, 0.25) is 11.8 Å². The lowest BCUT2D eigenvalue weighted by molar-refractivity contribution is -0.134. The summed E-state index contributed by atoms with van der Waals surface area (Å²) in [6.07, 6.45) is 3.34. The highest BCUT2D eigenvalue weighted by atomic mass is 16.5. The fourth-order valence-corrected chi connectivity index (χ4v) is 4.49. The van der Waals surface area contributed by atoms with Crippen molar-refractivity contribution >= 4 is 23.2 Å². The number of anilines is 2. The van der Waals surface area contributed by atoms with Crippen molar-refractivity contribution < 1.29 is 14.3 Å². The quantitative estimate of drug-likeness (QED) is 0.717. The number of amides is 2. The number of para-hydroxylation sites is 1. The predicted molar refractivity (Wildman–Crippen MR) is 122 cm³/mol. The van der Waals surface area contributed by atoms with Gasteiger partial charge >= 0.3 is 0 Å². The average Bonchev–Trinajstić information content (AvgIpc) is 2.93. The topological polar surface area (TPSA) is 61.9 Å². The number of nitrogens with zero attached hydrogens (tertiary/aromatic N) is 2. The van der Waals surface area contributed by atoms with E-state index in [1.165, 1.54) is 11.3 Å². The Kier molecular flexibility index (Phi) is 6.44. The Hall–Kier alpha value is -3.02. The second-order valence-electron chi connectivity index (χ2n) is 8.41. The Morgan fingerprint density at radius 3 is 2.84 bits per heavy atom. The molecule has 2 heterocycles. The van der Waals surface area contributed by atoms with Crippen molar-refractivity contribution in [2.75, 3.05) is 30.4 Å². The molecule has 6 nitrogen and oxygen atoms in total. The number of benzene rings is 2. The van der Waals surface area contributed by atoms with E-state index >= 15 is 0 Å². The van der Waals surface area contributed by atoms with Gasteiger partial charge in [0.05, 0.1) is 6.61 Å². The molecular weight excluding hydrogens is 390 g/mol. The van der Waals surface area contributed by atoms with Crippen molar-refractivity contribution in [1.82, 2.24) is 4.90 Å². The zero-order chi connectivity index (χ0) is 21.8. The number of carbonyl (C=O) groups is 2. The van der Waals surface area contributed by atoms with E-state index in [1.54, 1.807) is 0 Å². The molecule has 4 rings (SSSR count). The first-order valence-corrected chi connectivity index (χ1v) is 11.2. The van der Waals surface area contributed by atoms with Gasteiger partial charge in [0.25, 0.3) is 0 Å². The van der Waals surface area contributed by atoms with Gasteiger partial charge in [0, 0.05) is 50.4 Å².